The molecule has 2 aliphatic carbocycles. The lowest BCUT2D eigenvalue weighted by Crippen LogP contribution is -2.24. The van der Waals surface area contributed by atoms with Crippen LogP contribution in [-0.4, -0.2) is 6.61 Å². The smallest absolute Gasteiger partial charge is 0.387 e. The van der Waals surface area contributed by atoms with E-state index in [1.165, 1.54) is 44.6 Å². The highest BCUT2D eigenvalue weighted by molar-refractivity contribution is 5.39. The first-order chi connectivity index (χ1) is 11.9. The number of halogens is 3. The summed E-state index contributed by atoms with van der Waals surface area (Å²) in [6, 6.07) is 3.23. The summed E-state index contributed by atoms with van der Waals surface area (Å²) >= 11 is 0. The Morgan fingerprint density at radius 1 is 0.920 bits per heavy atom. The summed E-state index contributed by atoms with van der Waals surface area (Å²) in [7, 11) is 0. The highest BCUT2D eigenvalue weighted by Gasteiger charge is 2.31. The fourth-order valence-electron chi connectivity index (χ4n) is 4.91. The van der Waals surface area contributed by atoms with E-state index in [9.17, 15) is 13.2 Å². The van der Waals surface area contributed by atoms with Gasteiger partial charge in [-0.2, -0.15) is 8.78 Å². The minimum absolute atomic E-state index is 0.316. The number of aryl methyl sites for hydroxylation is 1. The van der Waals surface area contributed by atoms with E-state index in [0.717, 1.165) is 36.2 Å². The van der Waals surface area contributed by atoms with Crippen LogP contribution in [0, 0.1) is 30.5 Å². The van der Waals surface area contributed by atoms with Crippen molar-refractivity contribution in [2.45, 2.75) is 77.7 Å². The molecule has 0 saturated heterocycles. The van der Waals surface area contributed by atoms with Gasteiger partial charge < -0.3 is 4.74 Å². The monoisotopic (exact) mass is 354 g/mol. The molecule has 1 aromatic rings. The van der Waals surface area contributed by atoms with Crippen LogP contribution in [0.2, 0.25) is 0 Å². The molecule has 3 rings (SSSR count). The molecule has 0 aliphatic heterocycles. The summed E-state index contributed by atoms with van der Waals surface area (Å²) in [6.07, 6.45) is 10.0. The van der Waals surface area contributed by atoms with Crippen molar-refractivity contribution in [2.75, 3.05) is 0 Å². The van der Waals surface area contributed by atoms with Crippen molar-refractivity contribution in [1.29, 1.82) is 0 Å². The van der Waals surface area contributed by atoms with Crippen LogP contribution in [-0.2, 0) is 0 Å². The van der Waals surface area contributed by atoms with E-state index in [1.54, 1.807) is 6.92 Å². The van der Waals surface area contributed by atoms with Gasteiger partial charge >= 0.3 is 6.61 Å². The summed E-state index contributed by atoms with van der Waals surface area (Å²) in [6.45, 7) is 0.998. The van der Waals surface area contributed by atoms with Gasteiger partial charge in [-0.15, -0.1) is 0 Å². The maximum atomic E-state index is 14.2. The van der Waals surface area contributed by atoms with Gasteiger partial charge in [0.2, 0.25) is 0 Å². The lowest BCUT2D eigenvalue weighted by atomic mass is 9.68. The first kappa shape index (κ1) is 18.6. The molecule has 0 amide bonds. The number of hydrogen-bond donors (Lipinski definition) is 0. The molecule has 0 N–H and O–H groups in total. The first-order valence-corrected chi connectivity index (χ1v) is 9.69. The standard InChI is InChI=1S/C21H29F3O/c1-13-3-5-15(6-4-13)16-7-9-17(10-8-16)18-11-14(2)20(19(22)12-18)25-21(23)24/h11-13,15-17,21H,3-10H2,1-2H3. The SMILES string of the molecule is Cc1cc(C2CCC(C3CCC(C)CC3)CC2)cc(F)c1OC(F)F. The van der Waals surface area contributed by atoms with Crippen LogP contribution in [0.5, 0.6) is 5.75 Å². The average molecular weight is 354 g/mol. The summed E-state index contributed by atoms with van der Waals surface area (Å²) < 4.78 is 43.3. The second-order valence-corrected chi connectivity index (χ2v) is 8.16. The van der Waals surface area contributed by atoms with Gasteiger partial charge in [-0.1, -0.05) is 25.8 Å². The maximum Gasteiger partial charge on any atom is 0.387 e. The highest BCUT2D eigenvalue weighted by Crippen LogP contribution is 2.44. The van der Waals surface area contributed by atoms with Crippen molar-refractivity contribution in [3.63, 3.8) is 0 Å². The summed E-state index contributed by atoms with van der Waals surface area (Å²) in [5.74, 6) is 1.93. The van der Waals surface area contributed by atoms with E-state index >= 15 is 0 Å². The van der Waals surface area contributed by atoms with Crippen LogP contribution in [0.4, 0.5) is 13.2 Å². The third kappa shape index (κ3) is 4.51. The van der Waals surface area contributed by atoms with Crippen LogP contribution in [0.15, 0.2) is 12.1 Å². The lowest BCUT2D eigenvalue weighted by molar-refractivity contribution is -0.0526. The van der Waals surface area contributed by atoms with E-state index in [0.29, 0.717) is 11.5 Å². The van der Waals surface area contributed by atoms with E-state index < -0.39 is 12.4 Å². The van der Waals surface area contributed by atoms with Crippen molar-refractivity contribution >= 4 is 0 Å². The van der Waals surface area contributed by atoms with Gasteiger partial charge in [0, 0.05) is 0 Å². The molecule has 2 aliphatic rings. The molecule has 2 saturated carbocycles. The normalized spacial score (nSPS) is 30.5. The van der Waals surface area contributed by atoms with Crippen LogP contribution in [0.25, 0.3) is 0 Å². The average Bonchev–Trinajstić information content (AvgIpc) is 2.59. The van der Waals surface area contributed by atoms with Gasteiger partial charge in [-0.05, 0) is 86.3 Å². The van der Waals surface area contributed by atoms with Crippen molar-refractivity contribution in [2.24, 2.45) is 17.8 Å². The van der Waals surface area contributed by atoms with Crippen LogP contribution in [0.1, 0.15) is 75.3 Å². The largest absolute Gasteiger partial charge is 0.431 e. The van der Waals surface area contributed by atoms with E-state index in [2.05, 4.69) is 11.7 Å². The molecule has 1 nitrogen and oxygen atoms in total. The Bertz CT molecular complexity index is 547. The molecule has 0 atom stereocenters. The third-order valence-electron chi connectivity index (χ3n) is 6.43. The molecule has 0 heterocycles. The Hall–Kier alpha value is -1.19. The Morgan fingerprint density at radius 3 is 2.00 bits per heavy atom. The van der Waals surface area contributed by atoms with Crippen molar-refractivity contribution in [1.82, 2.24) is 0 Å². The van der Waals surface area contributed by atoms with E-state index in [1.807, 2.05) is 6.07 Å². The molecule has 0 unspecified atom stereocenters. The molecular formula is C21H29F3O. The lowest BCUT2D eigenvalue weighted by Gasteiger charge is -2.37. The molecule has 25 heavy (non-hydrogen) atoms. The Kier molecular flexibility index (Phi) is 5.96. The van der Waals surface area contributed by atoms with E-state index in [4.69, 9.17) is 0 Å². The van der Waals surface area contributed by atoms with Gasteiger partial charge in [0.1, 0.15) is 0 Å². The number of benzene rings is 1. The predicted molar refractivity (Wildman–Crippen MR) is 93.6 cm³/mol. The van der Waals surface area contributed by atoms with Gasteiger partial charge in [0.05, 0.1) is 0 Å². The molecule has 4 heteroatoms. The summed E-state index contributed by atoms with van der Waals surface area (Å²) in [5, 5.41) is 0. The second kappa shape index (κ2) is 8.01. The zero-order chi connectivity index (χ0) is 18.0. The molecule has 1 aromatic carbocycles. The summed E-state index contributed by atoms with van der Waals surface area (Å²) in [5.41, 5.74) is 1.39. The van der Waals surface area contributed by atoms with Crippen LogP contribution in [0.3, 0.4) is 0 Å². The Balaban J connectivity index is 1.61. The molecule has 0 radical (unpaired) electrons. The molecule has 2 fully saturated rings. The van der Waals surface area contributed by atoms with Gasteiger partial charge in [-0.25, -0.2) is 4.39 Å². The zero-order valence-corrected chi connectivity index (χ0v) is 15.2. The van der Waals surface area contributed by atoms with Gasteiger partial charge in [0.15, 0.2) is 11.6 Å². The van der Waals surface area contributed by atoms with Crippen molar-refractivity contribution in [3.05, 3.63) is 29.1 Å². The second-order valence-electron chi connectivity index (χ2n) is 8.16. The van der Waals surface area contributed by atoms with Crippen molar-refractivity contribution in [3.8, 4) is 5.75 Å². The highest BCUT2D eigenvalue weighted by atomic mass is 19.3. The summed E-state index contributed by atoms with van der Waals surface area (Å²) in [4.78, 5) is 0. The number of hydrogen-bond acceptors (Lipinski definition) is 1. The molecule has 0 bridgehead atoms. The fraction of sp³-hybridized carbons (Fsp3) is 0.714. The number of ether oxygens (including phenoxy) is 1. The minimum Gasteiger partial charge on any atom is -0.431 e. The minimum atomic E-state index is -2.99. The maximum absolute atomic E-state index is 14.2. The molecule has 0 aromatic heterocycles. The zero-order valence-electron chi connectivity index (χ0n) is 15.2. The molecule has 140 valence electrons. The number of alkyl halides is 2. The molecule has 0 spiro atoms. The Morgan fingerprint density at radius 2 is 1.48 bits per heavy atom. The predicted octanol–water partition coefficient (Wildman–Crippen LogP) is 6.84. The topological polar surface area (TPSA) is 9.23 Å². The van der Waals surface area contributed by atoms with Gasteiger partial charge in [0.25, 0.3) is 0 Å². The van der Waals surface area contributed by atoms with Crippen molar-refractivity contribution < 1.29 is 17.9 Å². The Labute approximate surface area is 149 Å². The first-order valence-electron chi connectivity index (χ1n) is 9.69. The fourth-order valence-corrected chi connectivity index (χ4v) is 4.91. The quantitative estimate of drug-likeness (QED) is 0.575. The third-order valence-corrected chi connectivity index (χ3v) is 6.43. The number of rotatable bonds is 4. The molecular weight excluding hydrogens is 325 g/mol. The van der Waals surface area contributed by atoms with Crippen LogP contribution < -0.4 is 4.74 Å². The van der Waals surface area contributed by atoms with E-state index in [-0.39, 0.29) is 5.75 Å². The van der Waals surface area contributed by atoms with Crippen LogP contribution >= 0.6 is 0 Å². The van der Waals surface area contributed by atoms with Gasteiger partial charge in [-0.3, -0.25) is 0 Å².